The van der Waals surface area contributed by atoms with Crippen LogP contribution < -0.4 is 5.32 Å². The summed E-state index contributed by atoms with van der Waals surface area (Å²) in [6.45, 7) is 0. The second kappa shape index (κ2) is 5.21. The zero-order chi connectivity index (χ0) is 12.3. The lowest BCUT2D eigenvalue weighted by molar-refractivity contribution is -0.139. The van der Waals surface area contributed by atoms with Gasteiger partial charge in [0.1, 0.15) is 6.04 Å². The maximum Gasteiger partial charge on any atom is 0.326 e. The Morgan fingerprint density at radius 3 is 2.76 bits per heavy atom. The molecule has 0 radical (unpaired) electrons. The van der Waals surface area contributed by atoms with Gasteiger partial charge in [-0.25, -0.2) is 9.78 Å². The molecule has 0 amide bonds. The number of carboxylic acid groups (broad SMARTS) is 1. The minimum Gasteiger partial charge on any atom is -0.480 e. The molecule has 1 atom stereocenters. The monoisotopic (exact) mass is 237 g/mol. The second-order valence-corrected chi connectivity index (χ2v) is 4.72. The molecular weight excluding hydrogens is 218 g/mol. The fourth-order valence-electron chi connectivity index (χ4n) is 2.49. The van der Waals surface area contributed by atoms with Crippen LogP contribution in [0.25, 0.3) is 0 Å². The van der Waals surface area contributed by atoms with Crippen LogP contribution in [-0.2, 0) is 11.8 Å². The molecule has 2 rings (SSSR count). The molecule has 2 N–H and O–H groups in total. The average Bonchev–Trinajstić information content (AvgIpc) is 2.72. The lowest BCUT2D eigenvalue weighted by Crippen LogP contribution is -2.38. The van der Waals surface area contributed by atoms with E-state index >= 15 is 0 Å². The Hall–Kier alpha value is -1.52. The van der Waals surface area contributed by atoms with Crippen LogP contribution in [0.15, 0.2) is 12.4 Å². The van der Waals surface area contributed by atoms with Crippen molar-refractivity contribution < 1.29 is 9.90 Å². The number of carbonyl (C=O) groups is 1. The first-order valence-electron chi connectivity index (χ1n) is 6.15. The molecule has 5 nitrogen and oxygen atoms in total. The SMILES string of the molecule is Cn1ccnc1NC(C(=O)O)C1CCCCC1. The highest BCUT2D eigenvalue weighted by Gasteiger charge is 2.29. The van der Waals surface area contributed by atoms with E-state index in [0.29, 0.717) is 5.95 Å². The Labute approximate surface area is 101 Å². The van der Waals surface area contributed by atoms with Crippen molar-refractivity contribution in [1.82, 2.24) is 9.55 Å². The highest BCUT2D eigenvalue weighted by molar-refractivity contribution is 5.77. The number of imidazole rings is 1. The van der Waals surface area contributed by atoms with E-state index in [2.05, 4.69) is 10.3 Å². The van der Waals surface area contributed by atoms with Crippen molar-refractivity contribution in [3.8, 4) is 0 Å². The Balaban J connectivity index is 2.07. The van der Waals surface area contributed by atoms with Gasteiger partial charge >= 0.3 is 5.97 Å². The summed E-state index contributed by atoms with van der Waals surface area (Å²) in [4.78, 5) is 15.5. The first kappa shape index (κ1) is 12.0. The summed E-state index contributed by atoms with van der Waals surface area (Å²) in [5.41, 5.74) is 0. The van der Waals surface area contributed by atoms with Gasteiger partial charge in [0.05, 0.1) is 0 Å². The van der Waals surface area contributed by atoms with E-state index in [1.807, 2.05) is 13.2 Å². The van der Waals surface area contributed by atoms with Crippen molar-refractivity contribution >= 4 is 11.9 Å². The maximum absolute atomic E-state index is 11.3. The number of hydrogen-bond donors (Lipinski definition) is 2. The second-order valence-electron chi connectivity index (χ2n) is 4.72. The molecule has 1 aliphatic carbocycles. The summed E-state index contributed by atoms with van der Waals surface area (Å²) in [6.07, 6.45) is 8.96. The van der Waals surface area contributed by atoms with Crippen molar-refractivity contribution in [2.24, 2.45) is 13.0 Å². The molecule has 94 valence electrons. The summed E-state index contributed by atoms with van der Waals surface area (Å²) >= 11 is 0. The summed E-state index contributed by atoms with van der Waals surface area (Å²) in [7, 11) is 1.86. The zero-order valence-electron chi connectivity index (χ0n) is 10.1. The molecule has 0 aromatic carbocycles. The van der Waals surface area contributed by atoms with Gasteiger partial charge < -0.3 is 15.0 Å². The smallest absolute Gasteiger partial charge is 0.326 e. The summed E-state index contributed by atoms with van der Waals surface area (Å²) < 4.78 is 1.80. The van der Waals surface area contributed by atoms with Crippen molar-refractivity contribution in [2.45, 2.75) is 38.1 Å². The number of nitrogens with one attached hydrogen (secondary N) is 1. The summed E-state index contributed by atoms with van der Waals surface area (Å²) in [6, 6.07) is -0.517. The molecule has 1 aliphatic rings. The average molecular weight is 237 g/mol. The van der Waals surface area contributed by atoms with Crippen LogP contribution in [0.4, 0.5) is 5.95 Å². The van der Waals surface area contributed by atoms with E-state index in [1.54, 1.807) is 10.8 Å². The molecule has 1 unspecified atom stereocenters. The van der Waals surface area contributed by atoms with Gasteiger partial charge in [-0.05, 0) is 18.8 Å². The highest BCUT2D eigenvalue weighted by Crippen LogP contribution is 2.28. The van der Waals surface area contributed by atoms with Crippen LogP contribution in [0.2, 0.25) is 0 Å². The van der Waals surface area contributed by atoms with Crippen molar-refractivity contribution in [3.05, 3.63) is 12.4 Å². The minimum absolute atomic E-state index is 0.220. The quantitative estimate of drug-likeness (QED) is 0.838. The molecule has 1 aromatic rings. The van der Waals surface area contributed by atoms with E-state index in [4.69, 9.17) is 0 Å². The molecular formula is C12H19N3O2. The fraction of sp³-hybridized carbons (Fsp3) is 0.667. The van der Waals surface area contributed by atoms with Crippen molar-refractivity contribution in [1.29, 1.82) is 0 Å². The van der Waals surface area contributed by atoms with Crippen molar-refractivity contribution in [3.63, 3.8) is 0 Å². The molecule has 0 saturated heterocycles. The topological polar surface area (TPSA) is 67.2 Å². The molecule has 0 spiro atoms. The molecule has 1 fully saturated rings. The van der Waals surface area contributed by atoms with Gasteiger partial charge in [0.15, 0.2) is 0 Å². The molecule has 1 heterocycles. The van der Waals surface area contributed by atoms with Crippen LogP contribution in [-0.4, -0.2) is 26.7 Å². The number of aromatic nitrogens is 2. The minimum atomic E-state index is -0.778. The third-order valence-corrected chi connectivity index (χ3v) is 3.49. The molecule has 5 heteroatoms. The summed E-state index contributed by atoms with van der Waals surface area (Å²) in [5, 5.41) is 12.4. The zero-order valence-corrected chi connectivity index (χ0v) is 10.1. The third-order valence-electron chi connectivity index (χ3n) is 3.49. The van der Waals surface area contributed by atoms with Crippen LogP contribution in [0.5, 0.6) is 0 Å². The number of aliphatic carboxylic acids is 1. The number of carboxylic acids is 1. The Morgan fingerprint density at radius 1 is 1.53 bits per heavy atom. The number of anilines is 1. The Kier molecular flexibility index (Phi) is 3.66. The fourth-order valence-corrected chi connectivity index (χ4v) is 2.49. The molecule has 0 aliphatic heterocycles. The van der Waals surface area contributed by atoms with Gasteiger partial charge in [0.2, 0.25) is 5.95 Å². The molecule has 17 heavy (non-hydrogen) atoms. The first-order chi connectivity index (χ1) is 8.18. The number of nitrogens with zero attached hydrogens (tertiary/aromatic N) is 2. The van der Waals surface area contributed by atoms with E-state index in [0.717, 1.165) is 25.7 Å². The summed E-state index contributed by atoms with van der Waals surface area (Å²) in [5.74, 6) is 0.0702. The third kappa shape index (κ3) is 2.78. The van der Waals surface area contributed by atoms with E-state index < -0.39 is 12.0 Å². The number of rotatable bonds is 4. The van der Waals surface area contributed by atoms with E-state index in [9.17, 15) is 9.90 Å². The van der Waals surface area contributed by atoms with Gasteiger partial charge in [0.25, 0.3) is 0 Å². The number of hydrogen-bond acceptors (Lipinski definition) is 3. The van der Waals surface area contributed by atoms with Gasteiger partial charge in [-0.1, -0.05) is 19.3 Å². The Bertz CT molecular complexity index is 383. The molecule has 0 bridgehead atoms. The Morgan fingerprint density at radius 2 is 2.24 bits per heavy atom. The molecule has 1 saturated carbocycles. The predicted molar refractivity (Wildman–Crippen MR) is 64.8 cm³/mol. The number of aryl methyl sites for hydroxylation is 1. The largest absolute Gasteiger partial charge is 0.480 e. The maximum atomic E-state index is 11.3. The van der Waals surface area contributed by atoms with E-state index in [-0.39, 0.29) is 5.92 Å². The van der Waals surface area contributed by atoms with Crippen LogP contribution >= 0.6 is 0 Å². The van der Waals surface area contributed by atoms with Gasteiger partial charge in [0, 0.05) is 19.4 Å². The van der Waals surface area contributed by atoms with Crippen molar-refractivity contribution in [2.75, 3.05) is 5.32 Å². The highest BCUT2D eigenvalue weighted by atomic mass is 16.4. The van der Waals surface area contributed by atoms with Crippen LogP contribution in [0, 0.1) is 5.92 Å². The van der Waals surface area contributed by atoms with Gasteiger partial charge in [-0.3, -0.25) is 0 Å². The lowest BCUT2D eigenvalue weighted by Gasteiger charge is -2.28. The van der Waals surface area contributed by atoms with Crippen LogP contribution in [0.1, 0.15) is 32.1 Å². The standard InChI is InChI=1S/C12H19N3O2/c1-15-8-7-13-12(15)14-10(11(16)17)9-5-3-2-4-6-9/h7-10H,2-6H2,1H3,(H,13,14)(H,16,17). The first-order valence-corrected chi connectivity index (χ1v) is 6.15. The van der Waals surface area contributed by atoms with E-state index in [1.165, 1.54) is 6.42 Å². The predicted octanol–water partition coefficient (Wildman–Crippen LogP) is 1.87. The van der Waals surface area contributed by atoms with Gasteiger partial charge in [-0.15, -0.1) is 0 Å². The molecule has 1 aromatic heterocycles. The van der Waals surface area contributed by atoms with Crippen LogP contribution in [0.3, 0.4) is 0 Å². The lowest BCUT2D eigenvalue weighted by atomic mass is 9.84. The normalized spacial score (nSPS) is 18.9. The van der Waals surface area contributed by atoms with Gasteiger partial charge in [-0.2, -0.15) is 0 Å².